The number of carbonyl (C=O) groups excluding carboxylic acids is 1. The van der Waals surface area contributed by atoms with Gasteiger partial charge in [0.15, 0.2) is 0 Å². The molecule has 5 heteroatoms. The molecule has 0 bridgehead atoms. The molecule has 27 heavy (non-hydrogen) atoms. The number of piperazine rings is 1. The fraction of sp³-hybridized carbons (Fsp3) is 0.409. The van der Waals surface area contributed by atoms with E-state index in [-0.39, 0.29) is 11.7 Å². The highest BCUT2D eigenvalue weighted by Gasteiger charge is 2.20. The Balaban J connectivity index is 1.41. The Hall–Kier alpha value is -2.40. The van der Waals surface area contributed by atoms with Crippen LogP contribution >= 0.6 is 0 Å². The van der Waals surface area contributed by atoms with Gasteiger partial charge in [-0.05, 0) is 42.2 Å². The van der Waals surface area contributed by atoms with Gasteiger partial charge in [-0.25, -0.2) is 4.39 Å². The molecule has 0 N–H and O–H groups in total. The van der Waals surface area contributed by atoms with E-state index in [0.29, 0.717) is 12.8 Å². The molecule has 1 aliphatic rings. The standard InChI is InChI=1S/C22H27FN2O2/c1-27-21-8-3-2-6-19(21)11-12-24-13-15-25(16-14-24)22(26)10-9-18-5-4-7-20(23)17-18/h2-8,17H,9-16H2,1H3. The molecule has 2 aromatic carbocycles. The molecule has 0 spiro atoms. The zero-order valence-electron chi connectivity index (χ0n) is 15.9. The van der Waals surface area contributed by atoms with Crippen LogP contribution in [0.4, 0.5) is 4.39 Å². The number of nitrogens with zero attached hydrogens (tertiary/aromatic N) is 2. The maximum Gasteiger partial charge on any atom is 0.222 e. The van der Waals surface area contributed by atoms with E-state index in [1.54, 1.807) is 13.2 Å². The third kappa shape index (κ3) is 5.54. The second-order valence-corrected chi connectivity index (χ2v) is 6.91. The lowest BCUT2D eigenvalue weighted by Gasteiger charge is -2.35. The van der Waals surface area contributed by atoms with E-state index in [2.05, 4.69) is 11.0 Å². The van der Waals surface area contributed by atoms with Crippen LogP contribution in [-0.2, 0) is 17.6 Å². The molecule has 1 saturated heterocycles. The molecule has 1 heterocycles. The van der Waals surface area contributed by atoms with E-state index < -0.39 is 0 Å². The van der Waals surface area contributed by atoms with Crippen LogP contribution in [0.1, 0.15) is 17.5 Å². The van der Waals surface area contributed by atoms with Crippen molar-refractivity contribution in [3.8, 4) is 5.75 Å². The third-order valence-electron chi connectivity index (χ3n) is 5.13. The molecule has 0 saturated carbocycles. The van der Waals surface area contributed by atoms with E-state index >= 15 is 0 Å². The number of halogens is 1. The zero-order chi connectivity index (χ0) is 19.1. The van der Waals surface area contributed by atoms with Gasteiger partial charge in [0.25, 0.3) is 0 Å². The van der Waals surface area contributed by atoms with Crippen LogP contribution < -0.4 is 4.74 Å². The normalized spacial score (nSPS) is 15.0. The van der Waals surface area contributed by atoms with Crippen molar-refractivity contribution < 1.29 is 13.9 Å². The highest BCUT2D eigenvalue weighted by atomic mass is 19.1. The molecule has 2 aromatic rings. The van der Waals surface area contributed by atoms with E-state index in [4.69, 9.17) is 4.74 Å². The van der Waals surface area contributed by atoms with Crippen molar-refractivity contribution in [2.45, 2.75) is 19.3 Å². The smallest absolute Gasteiger partial charge is 0.222 e. The first kappa shape index (κ1) is 19.4. The number of para-hydroxylation sites is 1. The number of rotatable bonds is 7. The Morgan fingerprint density at radius 3 is 2.56 bits per heavy atom. The molecule has 0 radical (unpaired) electrons. The average Bonchev–Trinajstić information content (AvgIpc) is 2.71. The fourth-order valence-electron chi connectivity index (χ4n) is 3.51. The van der Waals surface area contributed by atoms with Crippen LogP contribution in [0, 0.1) is 5.82 Å². The largest absolute Gasteiger partial charge is 0.496 e. The molecule has 4 nitrogen and oxygen atoms in total. The van der Waals surface area contributed by atoms with Crippen molar-refractivity contribution in [2.75, 3.05) is 39.8 Å². The lowest BCUT2D eigenvalue weighted by molar-refractivity contribution is -0.132. The first-order chi connectivity index (χ1) is 13.2. The van der Waals surface area contributed by atoms with Crippen molar-refractivity contribution in [3.63, 3.8) is 0 Å². The molecule has 1 aliphatic heterocycles. The van der Waals surface area contributed by atoms with Gasteiger partial charge in [0.2, 0.25) is 5.91 Å². The van der Waals surface area contributed by atoms with Crippen LogP contribution in [0.25, 0.3) is 0 Å². The molecule has 0 aromatic heterocycles. The van der Waals surface area contributed by atoms with Crippen molar-refractivity contribution in [1.82, 2.24) is 9.80 Å². The van der Waals surface area contributed by atoms with Gasteiger partial charge in [-0.1, -0.05) is 30.3 Å². The summed E-state index contributed by atoms with van der Waals surface area (Å²) >= 11 is 0. The number of ether oxygens (including phenoxy) is 1. The summed E-state index contributed by atoms with van der Waals surface area (Å²) in [4.78, 5) is 16.7. The molecule has 144 valence electrons. The van der Waals surface area contributed by atoms with Gasteiger partial charge in [-0.15, -0.1) is 0 Å². The Morgan fingerprint density at radius 2 is 1.81 bits per heavy atom. The van der Waals surface area contributed by atoms with Gasteiger partial charge in [0, 0.05) is 39.1 Å². The topological polar surface area (TPSA) is 32.8 Å². The highest BCUT2D eigenvalue weighted by molar-refractivity contribution is 5.76. The Morgan fingerprint density at radius 1 is 1.04 bits per heavy atom. The quantitative estimate of drug-likeness (QED) is 0.751. The van der Waals surface area contributed by atoms with Gasteiger partial charge in [0.1, 0.15) is 11.6 Å². The molecular formula is C22H27FN2O2. The summed E-state index contributed by atoms with van der Waals surface area (Å²) in [6.45, 7) is 4.26. The molecule has 0 aliphatic carbocycles. The SMILES string of the molecule is COc1ccccc1CCN1CCN(C(=O)CCc2cccc(F)c2)CC1. The number of hydrogen-bond donors (Lipinski definition) is 0. The minimum absolute atomic E-state index is 0.156. The lowest BCUT2D eigenvalue weighted by atomic mass is 10.1. The van der Waals surface area contributed by atoms with Crippen molar-refractivity contribution in [2.24, 2.45) is 0 Å². The van der Waals surface area contributed by atoms with E-state index in [9.17, 15) is 9.18 Å². The number of benzene rings is 2. The van der Waals surface area contributed by atoms with Gasteiger partial charge in [0.05, 0.1) is 7.11 Å². The summed E-state index contributed by atoms with van der Waals surface area (Å²) in [6.07, 6.45) is 1.97. The van der Waals surface area contributed by atoms with Crippen LogP contribution in [0.2, 0.25) is 0 Å². The number of hydrogen-bond acceptors (Lipinski definition) is 3. The van der Waals surface area contributed by atoms with Gasteiger partial charge in [-0.2, -0.15) is 0 Å². The third-order valence-corrected chi connectivity index (χ3v) is 5.13. The van der Waals surface area contributed by atoms with Gasteiger partial charge < -0.3 is 9.64 Å². The minimum Gasteiger partial charge on any atom is -0.496 e. The van der Waals surface area contributed by atoms with Crippen LogP contribution in [0.15, 0.2) is 48.5 Å². The molecule has 3 rings (SSSR count). The van der Waals surface area contributed by atoms with Crippen molar-refractivity contribution in [1.29, 1.82) is 0 Å². The van der Waals surface area contributed by atoms with Crippen LogP contribution in [-0.4, -0.2) is 55.5 Å². The van der Waals surface area contributed by atoms with Crippen LogP contribution in [0.3, 0.4) is 0 Å². The summed E-state index contributed by atoms with van der Waals surface area (Å²) < 4.78 is 18.6. The number of carbonyl (C=O) groups is 1. The monoisotopic (exact) mass is 370 g/mol. The molecule has 0 atom stereocenters. The second-order valence-electron chi connectivity index (χ2n) is 6.91. The maximum atomic E-state index is 13.2. The number of amides is 1. The van der Waals surface area contributed by atoms with Gasteiger partial charge >= 0.3 is 0 Å². The summed E-state index contributed by atoms with van der Waals surface area (Å²) in [5.74, 6) is 0.843. The summed E-state index contributed by atoms with van der Waals surface area (Å²) in [5, 5.41) is 0. The van der Waals surface area contributed by atoms with Gasteiger partial charge in [-0.3, -0.25) is 9.69 Å². The van der Waals surface area contributed by atoms with E-state index in [1.807, 2.05) is 29.2 Å². The number of methoxy groups -OCH3 is 1. The highest BCUT2D eigenvalue weighted by Crippen LogP contribution is 2.18. The predicted molar refractivity (Wildman–Crippen MR) is 104 cm³/mol. The number of aryl methyl sites for hydroxylation is 1. The van der Waals surface area contributed by atoms with Crippen LogP contribution in [0.5, 0.6) is 5.75 Å². The van der Waals surface area contributed by atoms with E-state index in [0.717, 1.165) is 50.5 Å². The van der Waals surface area contributed by atoms with Crippen molar-refractivity contribution >= 4 is 5.91 Å². The predicted octanol–water partition coefficient (Wildman–Crippen LogP) is 3.15. The Bertz CT molecular complexity index is 757. The summed E-state index contributed by atoms with van der Waals surface area (Å²) in [5.41, 5.74) is 2.09. The minimum atomic E-state index is -0.247. The lowest BCUT2D eigenvalue weighted by Crippen LogP contribution is -2.49. The summed E-state index contributed by atoms with van der Waals surface area (Å²) in [7, 11) is 1.70. The first-order valence-corrected chi connectivity index (χ1v) is 9.52. The zero-order valence-corrected chi connectivity index (χ0v) is 15.9. The maximum absolute atomic E-state index is 13.2. The average molecular weight is 370 g/mol. The molecule has 0 unspecified atom stereocenters. The molecular weight excluding hydrogens is 343 g/mol. The molecule has 1 fully saturated rings. The second kappa shape index (κ2) is 9.51. The first-order valence-electron chi connectivity index (χ1n) is 9.52. The Labute approximate surface area is 160 Å². The van der Waals surface area contributed by atoms with E-state index in [1.165, 1.54) is 17.7 Å². The Kier molecular flexibility index (Phi) is 6.82. The fourth-order valence-corrected chi connectivity index (χ4v) is 3.51. The van der Waals surface area contributed by atoms with Crippen molar-refractivity contribution in [3.05, 3.63) is 65.5 Å². The summed E-state index contributed by atoms with van der Waals surface area (Å²) in [6, 6.07) is 14.6. The molecule has 1 amide bonds.